The zero-order valence-corrected chi connectivity index (χ0v) is 15.8. The van der Waals surface area contributed by atoms with Gasteiger partial charge in [-0.05, 0) is 43.3 Å². The maximum Gasteiger partial charge on any atom is 0.573 e. The van der Waals surface area contributed by atoms with Crippen molar-refractivity contribution in [2.75, 3.05) is 0 Å². The molecule has 0 fully saturated rings. The van der Waals surface area contributed by atoms with Gasteiger partial charge in [0, 0.05) is 10.6 Å². The summed E-state index contributed by atoms with van der Waals surface area (Å²) in [5, 5.41) is 0.597. The summed E-state index contributed by atoms with van der Waals surface area (Å²) in [7, 11) is 0. The Bertz CT molecular complexity index is 1160. The second kappa shape index (κ2) is 7.33. The molecular weight excluding hydrogens is 405 g/mol. The van der Waals surface area contributed by atoms with Crippen molar-refractivity contribution in [3.05, 3.63) is 71.4 Å². The Labute approximate surface area is 168 Å². The lowest BCUT2D eigenvalue weighted by molar-refractivity contribution is -0.274. The largest absolute Gasteiger partial charge is 0.573 e. The number of aromatic nitrogens is 2. The number of imidazole rings is 1. The van der Waals surface area contributed by atoms with Crippen LogP contribution in [0.2, 0.25) is 5.02 Å². The van der Waals surface area contributed by atoms with Crippen molar-refractivity contribution >= 4 is 11.6 Å². The van der Waals surface area contributed by atoms with E-state index in [2.05, 4.69) is 14.7 Å². The summed E-state index contributed by atoms with van der Waals surface area (Å²) >= 11 is 6.06. The number of para-hydroxylation sites is 1. The molecule has 0 aliphatic heterocycles. The van der Waals surface area contributed by atoms with Gasteiger partial charge in [-0.3, -0.25) is 0 Å². The van der Waals surface area contributed by atoms with E-state index >= 15 is 0 Å². The van der Waals surface area contributed by atoms with Crippen molar-refractivity contribution in [1.29, 1.82) is 0 Å². The van der Waals surface area contributed by atoms with Crippen LogP contribution in [-0.2, 0) is 0 Å². The van der Waals surface area contributed by atoms with Crippen molar-refractivity contribution in [1.82, 2.24) is 9.97 Å². The Kier molecular flexibility index (Phi) is 4.84. The predicted octanol–water partition coefficient (Wildman–Crippen LogP) is 6.86. The van der Waals surface area contributed by atoms with E-state index in [4.69, 9.17) is 16.0 Å². The van der Waals surface area contributed by atoms with Gasteiger partial charge in [0.25, 0.3) is 0 Å². The van der Waals surface area contributed by atoms with E-state index in [9.17, 15) is 13.2 Å². The maximum atomic E-state index is 12.7. The number of benzene rings is 2. The Morgan fingerprint density at radius 2 is 1.76 bits per heavy atom. The number of furan rings is 1. The van der Waals surface area contributed by atoms with Crippen molar-refractivity contribution in [2.24, 2.45) is 0 Å². The Morgan fingerprint density at radius 3 is 2.52 bits per heavy atom. The third kappa shape index (κ3) is 4.14. The van der Waals surface area contributed by atoms with Gasteiger partial charge in [0.05, 0.1) is 17.0 Å². The van der Waals surface area contributed by atoms with E-state index in [1.54, 1.807) is 24.3 Å². The van der Waals surface area contributed by atoms with Crippen LogP contribution in [0.15, 0.2) is 65.1 Å². The summed E-state index contributed by atoms with van der Waals surface area (Å²) in [6.45, 7) is 1.84. The van der Waals surface area contributed by atoms with Crippen molar-refractivity contribution in [3.8, 4) is 39.9 Å². The molecule has 0 radical (unpaired) electrons. The zero-order chi connectivity index (χ0) is 20.6. The number of nitrogens with one attached hydrogen (secondary N) is 1. The molecule has 1 N–H and O–H groups in total. The number of H-pyrrole nitrogens is 1. The first-order chi connectivity index (χ1) is 13.8. The molecule has 4 nitrogen and oxygen atoms in total. The average molecular weight is 419 g/mol. The number of rotatable bonds is 4. The first kappa shape index (κ1) is 19.1. The summed E-state index contributed by atoms with van der Waals surface area (Å²) in [6.07, 6.45) is -4.80. The summed E-state index contributed by atoms with van der Waals surface area (Å²) in [6, 6.07) is 16.3. The fraction of sp³-hybridized carbons (Fsp3) is 0.0952. The van der Waals surface area contributed by atoms with E-state index in [0.29, 0.717) is 16.6 Å². The quantitative estimate of drug-likeness (QED) is 0.393. The Balaban J connectivity index is 1.69. The van der Waals surface area contributed by atoms with Crippen LogP contribution in [0.25, 0.3) is 34.2 Å². The molecule has 8 heteroatoms. The summed E-state index contributed by atoms with van der Waals surface area (Å²) in [5.74, 6) is 0.741. The fourth-order valence-corrected chi connectivity index (χ4v) is 3.19. The predicted molar refractivity (Wildman–Crippen MR) is 104 cm³/mol. The summed E-state index contributed by atoms with van der Waals surface area (Å²) in [4.78, 5) is 7.66. The first-order valence-corrected chi connectivity index (χ1v) is 8.96. The highest BCUT2D eigenvalue weighted by Crippen LogP contribution is 2.36. The highest BCUT2D eigenvalue weighted by Gasteiger charge is 2.32. The van der Waals surface area contributed by atoms with E-state index in [1.165, 1.54) is 18.2 Å². The van der Waals surface area contributed by atoms with Gasteiger partial charge in [0.2, 0.25) is 0 Å². The number of aryl methyl sites for hydroxylation is 1. The van der Waals surface area contributed by atoms with E-state index in [-0.39, 0.29) is 17.1 Å². The second-order valence-electron chi connectivity index (χ2n) is 6.26. The second-order valence-corrected chi connectivity index (χ2v) is 6.70. The highest BCUT2D eigenvalue weighted by atomic mass is 35.5. The van der Waals surface area contributed by atoms with E-state index < -0.39 is 6.36 Å². The van der Waals surface area contributed by atoms with Gasteiger partial charge in [0.1, 0.15) is 11.5 Å². The van der Waals surface area contributed by atoms with Gasteiger partial charge in [-0.2, -0.15) is 0 Å². The smallest absolute Gasteiger partial charge is 0.453 e. The van der Waals surface area contributed by atoms with E-state index in [0.717, 1.165) is 17.0 Å². The molecule has 0 aliphatic rings. The third-order valence-electron chi connectivity index (χ3n) is 4.22. The summed E-state index contributed by atoms with van der Waals surface area (Å²) in [5.41, 5.74) is 2.57. The Morgan fingerprint density at radius 1 is 1.00 bits per heavy atom. The number of hydrogen-bond acceptors (Lipinski definition) is 3. The molecule has 0 saturated heterocycles. The van der Waals surface area contributed by atoms with E-state index in [1.807, 2.05) is 25.1 Å². The molecule has 0 unspecified atom stereocenters. The van der Waals surface area contributed by atoms with Crippen LogP contribution in [-0.4, -0.2) is 16.3 Å². The molecule has 4 rings (SSSR count). The fourth-order valence-electron chi connectivity index (χ4n) is 3.00. The molecule has 148 valence electrons. The lowest BCUT2D eigenvalue weighted by Gasteiger charge is -2.11. The molecule has 0 amide bonds. The molecule has 29 heavy (non-hydrogen) atoms. The van der Waals surface area contributed by atoms with Crippen LogP contribution in [0.3, 0.4) is 0 Å². The zero-order valence-electron chi connectivity index (χ0n) is 15.0. The van der Waals surface area contributed by atoms with Gasteiger partial charge in [-0.1, -0.05) is 35.9 Å². The normalized spacial score (nSPS) is 11.6. The number of halogens is 4. The number of nitrogens with zero attached hydrogens (tertiary/aromatic N) is 1. The van der Waals surface area contributed by atoms with Crippen LogP contribution in [0, 0.1) is 6.92 Å². The molecule has 2 heterocycles. The van der Waals surface area contributed by atoms with Gasteiger partial charge in [0.15, 0.2) is 11.6 Å². The minimum atomic E-state index is -4.80. The molecule has 0 bridgehead atoms. The molecule has 0 atom stereocenters. The monoisotopic (exact) mass is 418 g/mol. The number of aromatic amines is 1. The molecule has 2 aromatic heterocycles. The number of ether oxygens (including phenoxy) is 1. The maximum absolute atomic E-state index is 12.7. The number of hydrogen-bond donors (Lipinski definition) is 1. The van der Waals surface area contributed by atoms with Crippen LogP contribution < -0.4 is 4.74 Å². The van der Waals surface area contributed by atoms with Crippen molar-refractivity contribution < 1.29 is 22.3 Å². The molecule has 0 spiro atoms. The standard InChI is InChI=1S/C21H14ClF3N2O2/c1-12-19(13-5-4-6-14(22)11-13)27-20(26-12)18-10-9-16(28-18)15-7-2-3-8-17(15)29-21(23,24)25/h2-11H,1H3,(H,26,27). The SMILES string of the molecule is Cc1nc(-c2ccc(-c3ccccc3OC(F)(F)F)o2)[nH]c1-c1cccc(Cl)c1. The first-order valence-electron chi connectivity index (χ1n) is 8.58. The molecule has 2 aromatic carbocycles. The minimum Gasteiger partial charge on any atom is -0.453 e. The number of alkyl halides is 3. The van der Waals surface area contributed by atoms with Crippen molar-refractivity contribution in [3.63, 3.8) is 0 Å². The lowest BCUT2D eigenvalue weighted by Crippen LogP contribution is -2.17. The molecular formula is C21H14ClF3N2O2. The Hall–Kier alpha value is -3.19. The van der Waals surface area contributed by atoms with Crippen LogP contribution in [0.4, 0.5) is 13.2 Å². The van der Waals surface area contributed by atoms with Gasteiger partial charge in [-0.15, -0.1) is 13.2 Å². The minimum absolute atomic E-state index is 0.189. The van der Waals surface area contributed by atoms with Crippen LogP contribution in [0.1, 0.15) is 5.69 Å². The lowest BCUT2D eigenvalue weighted by atomic mass is 10.1. The third-order valence-corrected chi connectivity index (χ3v) is 4.45. The van der Waals surface area contributed by atoms with Gasteiger partial charge >= 0.3 is 6.36 Å². The molecule has 0 aliphatic carbocycles. The van der Waals surface area contributed by atoms with Crippen molar-refractivity contribution in [2.45, 2.75) is 13.3 Å². The average Bonchev–Trinajstić information content (AvgIpc) is 3.28. The topological polar surface area (TPSA) is 51.1 Å². The molecule has 0 saturated carbocycles. The molecule has 4 aromatic rings. The summed E-state index contributed by atoms with van der Waals surface area (Å²) < 4.78 is 47.9. The van der Waals surface area contributed by atoms with Gasteiger partial charge in [-0.25, -0.2) is 4.98 Å². The highest BCUT2D eigenvalue weighted by molar-refractivity contribution is 6.30. The van der Waals surface area contributed by atoms with Gasteiger partial charge < -0.3 is 14.1 Å². The van der Waals surface area contributed by atoms with Crippen LogP contribution >= 0.6 is 11.6 Å². The van der Waals surface area contributed by atoms with Crippen LogP contribution in [0.5, 0.6) is 5.75 Å².